The first kappa shape index (κ1) is 16.0. The molecule has 0 spiro atoms. The minimum absolute atomic E-state index is 0.184. The van der Waals surface area contributed by atoms with Crippen LogP contribution in [0.3, 0.4) is 0 Å². The van der Waals surface area contributed by atoms with Crippen LogP contribution in [0.25, 0.3) is 10.9 Å². The van der Waals surface area contributed by atoms with Gasteiger partial charge in [-0.15, -0.1) is 0 Å². The second kappa shape index (κ2) is 6.34. The molecule has 0 saturated carbocycles. The van der Waals surface area contributed by atoms with Crippen LogP contribution < -0.4 is 4.74 Å². The molecule has 3 aromatic rings. The Morgan fingerprint density at radius 2 is 1.79 bits per heavy atom. The predicted molar refractivity (Wildman–Crippen MR) is 89.8 cm³/mol. The Morgan fingerprint density at radius 1 is 1.04 bits per heavy atom. The molecule has 24 heavy (non-hydrogen) atoms. The number of para-hydroxylation sites is 1. The molecule has 0 unspecified atom stereocenters. The van der Waals surface area contributed by atoms with Gasteiger partial charge in [0.25, 0.3) is 11.4 Å². The molecule has 3 rings (SSSR count). The van der Waals surface area contributed by atoms with Crippen LogP contribution in [0.1, 0.15) is 0 Å². The molecule has 120 valence electrons. The van der Waals surface area contributed by atoms with E-state index in [1.54, 1.807) is 24.3 Å². The molecule has 10 heteroatoms. The van der Waals surface area contributed by atoms with Crippen LogP contribution in [0.4, 0.5) is 11.4 Å². The summed E-state index contributed by atoms with van der Waals surface area (Å²) in [6.45, 7) is 0. The van der Waals surface area contributed by atoms with Crippen molar-refractivity contribution in [1.29, 1.82) is 0 Å². The lowest BCUT2D eigenvalue weighted by atomic mass is 10.3. The van der Waals surface area contributed by atoms with Crippen molar-refractivity contribution in [3.8, 4) is 0 Å². The number of hydrogen-bond donors (Lipinski definition) is 0. The number of non-ortho nitro benzene ring substituents is 1. The maximum absolute atomic E-state index is 12.1. The van der Waals surface area contributed by atoms with Gasteiger partial charge in [-0.25, -0.2) is 4.98 Å². The maximum atomic E-state index is 12.1. The monoisotopic (exact) mass is 361 g/mol. The van der Waals surface area contributed by atoms with Crippen LogP contribution in [-0.2, 0) is 0 Å². The van der Waals surface area contributed by atoms with E-state index in [2.05, 4.69) is 4.98 Å². The van der Waals surface area contributed by atoms with Crippen LogP contribution in [0, 0.1) is 20.2 Å². The number of hydrogen-bond acceptors (Lipinski definition) is 8. The Bertz CT molecular complexity index is 1030. The second-order valence-electron chi connectivity index (χ2n) is 4.55. The molecular formula is C14H7N3O5S2. The predicted octanol–water partition coefficient (Wildman–Crippen LogP) is 3.62. The Kier molecular flexibility index (Phi) is 4.23. The highest BCUT2D eigenvalue weighted by molar-refractivity contribution is 8.01. The molecule has 0 aliphatic rings. The molecule has 0 fully saturated rings. The van der Waals surface area contributed by atoms with Gasteiger partial charge in [-0.3, -0.25) is 25.0 Å². The van der Waals surface area contributed by atoms with E-state index in [1.807, 2.05) is 0 Å². The number of aromatic nitrogens is 1. The molecule has 0 saturated heterocycles. The molecule has 0 radical (unpaired) electrons. The molecule has 0 amide bonds. The van der Waals surface area contributed by atoms with Crippen LogP contribution in [0.5, 0.6) is 0 Å². The van der Waals surface area contributed by atoms with Gasteiger partial charge in [0.2, 0.25) is 4.74 Å². The van der Waals surface area contributed by atoms with E-state index in [4.69, 9.17) is 0 Å². The summed E-state index contributed by atoms with van der Waals surface area (Å²) in [6.07, 6.45) is 0. The Balaban J connectivity index is 2.06. The SMILES string of the molecule is O=c1sc(Sc2ccc([N+](=O)[O-])cc2[N+](=O)[O-])nc2ccccc12. The number of benzene rings is 2. The van der Waals surface area contributed by atoms with Crippen molar-refractivity contribution in [3.63, 3.8) is 0 Å². The van der Waals surface area contributed by atoms with Crippen LogP contribution in [-0.4, -0.2) is 14.8 Å². The average Bonchev–Trinajstić information content (AvgIpc) is 2.55. The number of nitro benzene ring substituents is 2. The number of fused-ring (bicyclic) bond motifs is 1. The lowest BCUT2D eigenvalue weighted by molar-refractivity contribution is -0.396. The van der Waals surface area contributed by atoms with E-state index in [-0.39, 0.29) is 15.3 Å². The van der Waals surface area contributed by atoms with Gasteiger partial charge in [0.05, 0.1) is 31.7 Å². The van der Waals surface area contributed by atoms with Crippen molar-refractivity contribution in [2.24, 2.45) is 0 Å². The normalized spacial score (nSPS) is 10.7. The van der Waals surface area contributed by atoms with Gasteiger partial charge in [0.1, 0.15) is 0 Å². The zero-order valence-corrected chi connectivity index (χ0v) is 13.4. The highest BCUT2D eigenvalue weighted by Crippen LogP contribution is 2.37. The van der Waals surface area contributed by atoms with Crippen molar-refractivity contribution < 1.29 is 9.85 Å². The Hall–Kier alpha value is -2.85. The van der Waals surface area contributed by atoms with E-state index in [0.29, 0.717) is 15.2 Å². The van der Waals surface area contributed by atoms with E-state index in [1.165, 1.54) is 12.1 Å². The maximum Gasteiger partial charge on any atom is 0.290 e. The fourth-order valence-electron chi connectivity index (χ4n) is 1.99. The standard InChI is InChI=1S/C14H7N3O5S2/c18-13-9-3-1-2-4-10(9)15-14(24-13)23-12-6-5-8(16(19)20)7-11(12)17(21)22/h1-7H. The number of nitrogens with zero attached hydrogens (tertiary/aromatic N) is 3. The zero-order valence-electron chi connectivity index (χ0n) is 11.7. The molecule has 8 nitrogen and oxygen atoms in total. The molecule has 0 atom stereocenters. The van der Waals surface area contributed by atoms with Gasteiger partial charge in [-0.2, -0.15) is 0 Å². The third kappa shape index (κ3) is 3.09. The van der Waals surface area contributed by atoms with Crippen LogP contribution in [0.15, 0.2) is 56.5 Å². The third-order valence-electron chi connectivity index (χ3n) is 3.06. The smallest absolute Gasteiger partial charge is 0.277 e. The van der Waals surface area contributed by atoms with Crippen LogP contribution >= 0.6 is 23.1 Å². The lowest BCUT2D eigenvalue weighted by Gasteiger charge is -2.03. The quantitative estimate of drug-likeness (QED) is 0.514. The summed E-state index contributed by atoms with van der Waals surface area (Å²) in [5.41, 5.74) is -0.275. The molecule has 0 aliphatic heterocycles. The summed E-state index contributed by atoms with van der Waals surface area (Å²) in [6, 6.07) is 10.2. The van der Waals surface area contributed by atoms with Crippen LogP contribution in [0.2, 0.25) is 0 Å². The number of nitro groups is 2. The van der Waals surface area contributed by atoms with Crippen molar-refractivity contribution in [3.05, 3.63) is 72.2 Å². The van der Waals surface area contributed by atoms with Gasteiger partial charge in [0.15, 0.2) is 4.34 Å². The van der Waals surface area contributed by atoms with E-state index < -0.39 is 15.5 Å². The summed E-state index contributed by atoms with van der Waals surface area (Å²) >= 11 is 1.81. The first-order valence-corrected chi connectivity index (χ1v) is 8.09. The summed E-state index contributed by atoms with van der Waals surface area (Å²) in [5.74, 6) is 0. The largest absolute Gasteiger partial charge is 0.290 e. The minimum Gasteiger partial charge on any atom is -0.277 e. The zero-order chi connectivity index (χ0) is 17.3. The molecule has 0 bridgehead atoms. The third-order valence-corrected chi connectivity index (χ3v) is 5.07. The van der Waals surface area contributed by atoms with E-state index >= 15 is 0 Å². The summed E-state index contributed by atoms with van der Waals surface area (Å²) < 4.78 is 0.128. The Morgan fingerprint density at radius 3 is 2.50 bits per heavy atom. The van der Waals surface area contributed by atoms with E-state index in [9.17, 15) is 25.0 Å². The molecule has 1 aromatic heterocycles. The highest BCUT2D eigenvalue weighted by Gasteiger charge is 2.21. The molecule has 1 heterocycles. The van der Waals surface area contributed by atoms with Crippen molar-refractivity contribution in [2.45, 2.75) is 9.24 Å². The van der Waals surface area contributed by atoms with E-state index in [0.717, 1.165) is 29.2 Å². The lowest BCUT2D eigenvalue weighted by Crippen LogP contribution is -1.98. The van der Waals surface area contributed by atoms with Gasteiger partial charge < -0.3 is 0 Å². The average molecular weight is 361 g/mol. The van der Waals surface area contributed by atoms with Crippen molar-refractivity contribution in [1.82, 2.24) is 4.98 Å². The van der Waals surface area contributed by atoms with Gasteiger partial charge in [-0.05, 0) is 18.2 Å². The fraction of sp³-hybridized carbons (Fsp3) is 0. The second-order valence-corrected chi connectivity index (χ2v) is 6.80. The van der Waals surface area contributed by atoms with Crippen molar-refractivity contribution >= 4 is 45.4 Å². The van der Waals surface area contributed by atoms with Gasteiger partial charge in [0, 0.05) is 6.07 Å². The topological polar surface area (TPSA) is 116 Å². The molecule has 2 aromatic carbocycles. The summed E-state index contributed by atoms with van der Waals surface area (Å²) in [5, 5.41) is 22.4. The Labute approximate surface area is 142 Å². The van der Waals surface area contributed by atoms with Gasteiger partial charge in [-0.1, -0.05) is 35.2 Å². The fourth-order valence-corrected chi connectivity index (χ4v) is 3.94. The first-order chi connectivity index (χ1) is 11.5. The van der Waals surface area contributed by atoms with Crippen molar-refractivity contribution in [2.75, 3.05) is 0 Å². The first-order valence-electron chi connectivity index (χ1n) is 6.46. The molecule has 0 N–H and O–H groups in total. The molecule has 0 aliphatic carbocycles. The number of rotatable bonds is 4. The minimum atomic E-state index is -0.700. The summed E-state index contributed by atoms with van der Waals surface area (Å²) in [4.78, 5) is 37.1. The highest BCUT2D eigenvalue weighted by atomic mass is 32.2. The van der Waals surface area contributed by atoms with Gasteiger partial charge >= 0.3 is 0 Å². The molecular weight excluding hydrogens is 354 g/mol. The summed E-state index contributed by atoms with van der Waals surface area (Å²) in [7, 11) is 0.